The number of thioether (sulfide) groups is 1. The van der Waals surface area contributed by atoms with Crippen molar-refractivity contribution in [2.45, 2.75) is 30.6 Å². The summed E-state index contributed by atoms with van der Waals surface area (Å²) in [4.78, 5) is 28.7. The van der Waals surface area contributed by atoms with Crippen molar-refractivity contribution in [3.8, 4) is 11.5 Å². The molecule has 2 N–H and O–H groups in total. The zero-order chi connectivity index (χ0) is 17.1. The maximum absolute atomic E-state index is 12.3. The number of methoxy groups -OCH3 is 2. The Labute approximate surface area is 144 Å². The number of hydrogen-bond acceptors (Lipinski definition) is 6. The molecule has 24 heavy (non-hydrogen) atoms. The second-order valence-electron chi connectivity index (χ2n) is 5.58. The first-order chi connectivity index (χ1) is 11.6. The van der Waals surface area contributed by atoms with E-state index in [1.807, 2.05) is 0 Å². The highest BCUT2D eigenvalue weighted by Gasteiger charge is 2.33. The van der Waals surface area contributed by atoms with Gasteiger partial charge in [0.1, 0.15) is 16.7 Å². The van der Waals surface area contributed by atoms with Gasteiger partial charge in [0.05, 0.1) is 25.9 Å². The molecule has 0 aromatic heterocycles. The van der Waals surface area contributed by atoms with E-state index in [9.17, 15) is 9.59 Å². The molecule has 1 aliphatic carbocycles. The normalized spacial score (nSPS) is 21.5. The Bertz CT molecular complexity index is 688. The minimum Gasteiger partial charge on any atom is -0.497 e. The highest BCUT2D eigenvalue weighted by Crippen LogP contribution is 2.31. The van der Waals surface area contributed by atoms with Crippen molar-refractivity contribution in [3.63, 3.8) is 0 Å². The van der Waals surface area contributed by atoms with Crippen LogP contribution < -0.4 is 20.1 Å². The largest absolute Gasteiger partial charge is 0.497 e. The van der Waals surface area contributed by atoms with Gasteiger partial charge in [-0.2, -0.15) is 0 Å². The predicted octanol–water partition coefficient (Wildman–Crippen LogP) is 1.78. The third kappa shape index (κ3) is 4.00. The predicted molar refractivity (Wildman–Crippen MR) is 92.8 cm³/mol. The van der Waals surface area contributed by atoms with Crippen LogP contribution in [0.5, 0.6) is 11.5 Å². The van der Waals surface area contributed by atoms with Gasteiger partial charge >= 0.3 is 0 Å². The van der Waals surface area contributed by atoms with Gasteiger partial charge in [0.15, 0.2) is 5.17 Å². The number of amides is 2. The Hall–Kier alpha value is -2.22. The number of benzene rings is 1. The summed E-state index contributed by atoms with van der Waals surface area (Å²) in [5, 5.41) is 5.67. The van der Waals surface area contributed by atoms with Gasteiger partial charge in [-0.05, 0) is 25.0 Å². The SMILES string of the molecule is COc1ccc(OC)c(NC(=O)C[C@@H]2SC(=NC3CC3)NC2=O)c1. The van der Waals surface area contributed by atoms with Crippen LogP contribution in [0.15, 0.2) is 23.2 Å². The topological polar surface area (TPSA) is 89.0 Å². The molecule has 0 bridgehead atoms. The first-order valence-electron chi connectivity index (χ1n) is 7.66. The molecule has 2 fully saturated rings. The molecule has 0 radical (unpaired) electrons. The summed E-state index contributed by atoms with van der Waals surface area (Å²) in [6, 6.07) is 5.47. The van der Waals surface area contributed by atoms with E-state index in [0.717, 1.165) is 12.8 Å². The lowest BCUT2D eigenvalue weighted by molar-refractivity contribution is -0.122. The number of carbonyl (C=O) groups excluding carboxylic acids is 2. The van der Waals surface area contributed by atoms with Crippen LogP contribution in [0.3, 0.4) is 0 Å². The van der Waals surface area contributed by atoms with E-state index in [2.05, 4.69) is 15.6 Å². The Morgan fingerprint density at radius 1 is 1.38 bits per heavy atom. The van der Waals surface area contributed by atoms with Crippen LogP contribution in [-0.2, 0) is 9.59 Å². The molecule has 2 amide bonds. The van der Waals surface area contributed by atoms with E-state index < -0.39 is 5.25 Å². The summed E-state index contributed by atoms with van der Waals surface area (Å²) in [5.74, 6) is 0.704. The quantitative estimate of drug-likeness (QED) is 0.817. The Morgan fingerprint density at radius 2 is 2.17 bits per heavy atom. The average Bonchev–Trinajstić information content (AvgIpc) is 3.31. The van der Waals surface area contributed by atoms with Gasteiger partial charge in [-0.25, -0.2) is 0 Å². The number of nitrogens with zero attached hydrogens (tertiary/aromatic N) is 1. The smallest absolute Gasteiger partial charge is 0.240 e. The number of hydrogen-bond donors (Lipinski definition) is 2. The van der Waals surface area contributed by atoms with Crippen molar-refractivity contribution in [1.82, 2.24) is 5.32 Å². The molecule has 3 rings (SSSR count). The zero-order valence-electron chi connectivity index (χ0n) is 13.5. The second kappa shape index (κ2) is 7.12. The molecule has 1 aromatic carbocycles. The fourth-order valence-electron chi connectivity index (χ4n) is 2.25. The van der Waals surface area contributed by atoms with Crippen LogP contribution in [0.1, 0.15) is 19.3 Å². The molecule has 1 atom stereocenters. The molecule has 0 unspecified atom stereocenters. The number of aliphatic imine (C=N–C) groups is 1. The Kier molecular flexibility index (Phi) is 4.94. The van der Waals surface area contributed by atoms with E-state index in [1.54, 1.807) is 25.3 Å². The molecule has 0 spiro atoms. The highest BCUT2D eigenvalue weighted by atomic mass is 32.2. The summed E-state index contributed by atoms with van der Waals surface area (Å²) < 4.78 is 10.4. The molecule has 128 valence electrons. The van der Waals surface area contributed by atoms with Gasteiger partial charge in [-0.3, -0.25) is 14.6 Å². The zero-order valence-corrected chi connectivity index (χ0v) is 14.3. The fourth-order valence-corrected chi connectivity index (χ4v) is 3.29. The van der Waals surface area contributed by atoms with Crippen molar-refractivity contribution >= 4 is 34.4 Å². The second-order valence-corrected chi connectivity index (χ2v) is 6.77. The molecule has 8 heteroatoms. The lowest BCUT2D eigenvalue weighted by Gasteiger charge is -2.12. The third-order valence-corrected chi connectivity index (χ3v) is 4.77. The molecule has 1 aliphatic heterocycles. The number of ether oxygens (including phenoxy) is 2. The molecule has 1 aromatic rings. The lowest BCUT2D eigenvalue weighted by atomic mass is 10.2. The van der Waals surface area contributed by atoms with E-state index in [0.29, 0.717) is 28.4 Å². The van der Waals surface area contributed by atoms with Crippen molar-refractivity contribution in [3.05, 3.63) is 18.2 Å². The molecule has 1 saturated heterocycles. The van der Waals surface area contributed by atoms with Gasteiger partial charge in [-0.1, -0.05) is 11.8 Å². The molecular formula is C16H19N3O4S. The number of anilines is 1. The van der Waals surface area contributed by atoms with Crippen molar-refractivity contribution in [1.29, 1.82) is 0 Å². The van der Waals surface area contributed by atoms with Gasteiger partial charge in [-0.15, -0.1) is 0 Å². The molecule has 7 nitrogen and oxygen atoms in total. The van der Waals surface area contributed by atoms with Crippen LogP contribution in [-0.4, -0.2) is 42.5 Å². The molecular weight excluding hydrogens is 330 g/mol. The summed E-state index contributed by atoms with van der Waals surface area (Å²) in [6.07, 6.45) is 2.21. The monoisotopic (exact) mass is 349 g/mol. The Balaban J connectivity index is 1.62. The highest BCUT2D eigenvalue weighted by molar-refractivity contribution is 8.15. The number of carbonyl (C=O) groups is 2. The van der Waals surface area contributed by atoms with E-state index in [1.165, 1.54) is 18.9 Å². The minimum atomic E-state index is -0.459. The van der Waals surface area contributed by atoms with Crippen LogP contribution >= 0.6 is 11.8 Å². The summed E-state index contributed by atoms with van der Waals surface area (Å²) in [6.45, 7) is 0. The van der Waals surface area contributed by atoms with Gasteiger partial charge in [0.25, 0.3) is 0 Å². The van der Waals surface area contributed by atoms with Gasteiger partial charge in [0, 0.05) is 12.5 Å². The summed E-state index contributed by atoms with van der Waals surface area (Å²) in [7, 11) is 3.08. The Morgan fingerprint density at radius 3 is 2.83 bits per heavy atom. The summed E-state index contributed by atoms with van der Waals surface area (Å²) in [5.41, 5.74) is 0.511. The van der Waals surface area contributed by atoms with Crippen molar-refractivity contribution in [2.24, 2.45) is 4.99 Å². The van der Waals surface area contributed by atoms with Crippen molar-refractivity contribution < 1.29 is 19.1 Å². The number of nitrogens with one attached hydrogen (secondary N) is 2. The molecule has 1 heterocycles. The van der Waals surface area contributed by atoms with Crippen LogP contribution in [0, 0.1) is 0 Å². The maximum atomic E-state index is 12.3. The third-order valence-electron chi connectivity index (χ3n) is 3.67. The summed E-state index contributed by atoms with van der Waals surface area (Å²) >= 11 is 1.32. The fraction of sp³-hybridized carbons (Fsp3) is 0.438. The molecule has 1 saturated carbocycles. The van der Waals surface area contributed by atoms with Crippen LogP contribution in [0.2, 0.25) is 0 Å². The van der Waals surface area contributed by atoms with Crippen molar-refractivity contribution in [2.75, 3.05) is 19.5 Å². The van der Waals surface area contributed by atoms with E-state index in [4.69, 9.17) is 9.47 Å². The maximum Gasteiger partial charge on any atom is 0.240 e. The van der Waals surface area contributed by atoms with E-state index >= 15 is 0 Å². The molecule has 2 aliphatic rings. The standard InChI is InChI=1S/C16H19N3O4S/c1-22-10-5-6-12(23-2)11(7-10)18-14(20)8-13-15(21)19-16(24-13)17-9-3-4-9/h5-7,9,13H,3-4,8H2,1-2H3,(H,18,20)(H,17,19,21)/t13-/m0/s1. The number of rotatable bonds is 6. The number of amidine groups is 1. The first kappa shape index (κ1) is 16.6. The lowest BCUT2D eigenvalue weighted by Crippen LogP contribution is -2.28. The minimum absolute atomic E-state index is 0.0700. The van der Waals surface area contributed by atoms with Crippen LogP contribution in [0.25, 0.3) is 0 Å². The van der Waals surface area contributed by atoms with Gasteiger partial charge in [0.2, 0.25) is 11.8 Å². The van der Waals surface area contributed by atoms with Crippen LogP contribution in [0.4, 0.5) is 5.69 Å². The first-order valence-corrected chi connectivity index (χ1v) is 8.54. The van der Waals surface area contributed by atoms with Gasteiger partial charge < -0.3 is 20.1 Å². The van der Waals surface area contributed by atoms with E-state index in [-0.39, 0.29) is 18.2 Å². The average molecular weight is 349 g/mol.